The number of aromatic nitrogens is 5. The summed E-state index contributed by atoms with van der Waals surface area (Å²) in [7, 11) is 1.64. The number of nitrogens with zero attached hydrogens (tertiary/aromatic N) is 5. The first-order valence-corrected chi connectivity index (χ1v) is 8.70. The summed E-state index contributed by atoms with van der Waals surface area (Å²) in [5.41, 5.74) is 3.16. The lowest BCUT2D eigenvalue weighted by Gasteiger charge is -2.32. The molecule has 0 spiro atoms. The molecule has 2 N–H and O–H groups in total. The lowest BCUT2D eigenvalue weighted by atomic mass is 10.1. The number of H-pyrrole nitrogens is 1. The first-order chi connectivity index (χ1) is 12.9. The topological polar surface area (TPSA) is 126 Å². The minimum Gasteiger partial charge on any atom is -0.483 e. The van der Waals surface area contributed by atoms with Crippen LogP contribution in [0.3, 0.4) is 0 Å². The van der Waals surface area contributed by atoms with Gasteiger partial charge in [-0.15, -0.1) is 10.2 Å². The Kier molecular flexibility index (Phi) is 7.05. The Hall–Kier alpha value is -2.75. The summed E-state index contributed by atoms with van der Waals surface area (Å²) < 4.78 is 7.24. The van der Waals surface area contributed by atoms with E-state index in [1.165, 1.54) is 0 Å². The van der Waals surface area contributed by atoms with Gasteiger partial charge in [0.05, 0.1) is 18.3 Å². The van der Waals surface area contributed by atoms with Gasteiger partial charge >= 0.3 is 0 Å². The van der Waals surface area contributed by atoms with Gasteiger partial charge in [0.15, 0.2) is 11.6 Å². The van der Waals surface area contributed by atoms with E-state index in [4.69, 9.17) is 14.6 Å². The van der Waals surface area contributed by atoms with Crippen LogP contribution >= 0.6 is 0 Å². The van der Waals surface area contributed by atoms with Gasteiger partial charge in [-0.3, -0.25) is 14.7 Å². The number of rotatable bonds is 5. The molecule has 0 aliphatic carbocycles. The monoisotopic (exact) mass is 378 g/mol. The summed E-state index contributed by atoms with van der Waals surface area (Å²) in [4.78, 5) is 22.8. The van der Waals surface area contributed by atoms with E-state index in [-0.39, 0.29) is 18.4 Å². The first-order valence-electron chi connectivity index (χ1n) is 8.70. The van der Waals surface area contributed by atoms with Crippen molar-refractivity contribution in [2.45, 2.75) is 52.8 Å². The van der Waals surface area contributed by atoms with E-state index in [2.05, 4.69) is 31.9 Å². The number of amides is 1. The van der Waals surface area contributed by atoms with Crippen LogP contribution in [0, 0.1) is 13.8 Å². The van der Waals surface area contributed by atoms with Crippen LogP contribution in [0.2, 0.25) is 0 Å². The largest absolute Gasteiger partial charge is 0.483 e. The van der Waals surface area contributed by atoms with Crippen molar-refractivity contribution in [1.82, 2.24) is 29.9 Å². The number of carboxylic acid groups (broad SMARTS) is 1. The van der Waals surface area contributed by atoms with Gasteiger partial charge in [0.1, 0.15) is 6.61 Å². The van der Waals surface area contributed by atoms with Crippen LogP contribution in [-0.2, 0) is 33.9 Å². The van der Waals surface area contributed by atoms with Crippen molar-refractivity contribution in [3.8, 4) is 0 Å². The van der Waals surface area contributed by atoms with E-state index in [1.807, 2.05) is 18.7 Å². The molecular formula is C17H26N6O4. The normalized spacial score (nSPS) is 15.7. The highest BCUT2D eigenvalue weighted by Gasteiger charge is 2.29. The average Bonchev–Trinajstić information content (AvgIpc) is 3.18. The maximum Gasteiger partial charge on any atom is 0.290 e. The molecule has 0 saturated heterocycles. The van der Waals surface area contributed by atoms with Gasteiger partial charge in [0.25, 0.3) is 6.47 Å². The summed E-state index contributed by atoms with van der Waals surface area (Å²) >= 11 is 0. The minimum atomic E-state index is -0.250. The summed E-state index contributed by atoms with van der Waals surface area (Å²) in [6.07, 6.45) is 1.11. The number of carbonyl (C=O) groups is 2. The van der Waals surface area contributed by atoms with E-state index in [1.54, 1.807) is 7.11 Å². The van der Waals surface area contributed by atoms with Gasteiger partial charge in [0.2, 0.25) is 5.91 Å². The maximum atomic E-state index is 12.6. The molecule has 148 valence electrons. The lowest BCUT2D eigenvalue weighted by Crippen LogP contribution is -2.41. The molecule has 27 heavy (non-hydrogen) atoms. The zero-order chi connectivity index (χ0) is 20.0. The lowest BCUT2D eigenvalue weighted by molar-refractivity contribution is -0.133. The molecule has 0 saturated carbocycles. The van der Waals surface area contributed by atoms with Crippen molar-refractivity contribution in [2.75, 3.05) is 13.7 Å². The minimum absolute atomic E-state index is 0.129. The Bertz CT molecular complexity index is 784. The van der Waals surface area contributed by atoms with E-state index >= 15 is 0 Å². The van der Waals surface area contributed by atoms with Crippen molar-refractivity contribution >= 4 is 12.4 Å². The molecule has 0 aromatic carbocycles. The third kappa shape index (κ3) is 4.70. The SMILES string of the molecule is COCc1nnc2n1[C@@H](C)CN(C(=O)CCc1n[nH]c(C)c1C)C2.O=CO. The van der Waals surface area contributed by atoms with Crippen molar-refractivity contribution in [3.63, 3.8) is 0 Å². The molecule has 10 nitrogen and oxygen atoms in total. The Morgan fingerprint density at radius 2 is 2.11 bits per heavy atom. The molecule has 2 aromatic heterocycles. The highest BCUT2D eigenvalue weighted by atomic mass is 16.5. The molecule has 2 aromatic rings. The molecular weight excluding hydrogens is 352 g/mol. The highest BCUT2D eigenvalue weighted by Crippen LogP contribution is 2.22. The molecule has 1 aliphatic heterocycles. The predicted molar refractivity (Wildman–Crippen MR) is 95.9 cm³/mol. The van der Waals surface area contributed by atoms with E-state index in [9.17, 15) is 4.79 Å². The third-order valence-corrected chi connectivity index (χ3v) is 4.65. The Morgan fingerprint density at radius 1 is 1.41 bits per heavy atom. The standard InChI is InChI=1S/C16H24N6O2.CH2O2/c1-10-7-21(8-14-19-20-15(9-24-4)22(10)14)16(23)6-5-13-11(2)12(3)17-18-13;2-1-3/h10H,5-9H2,1-4H3,(H,17,18);1H,(H,2,3)/t10-;/m0./s1. The van der Waals surface area contributed by atoms with Gasteiger partial charge < -0.3 is 19.3 Å². The van der Waals surface area contributed by atoms with Crippen LogP contribution in [0.4, 0.5) is 0 Å². The fourth-order valence-electron chi connectivity index (χ4n) is 3.19. The Balaban J connectivity index is 0.000000817. The Morgan fingerprint density at radius 3 is 2.70 bits per heavy atom. The van der Waals surface area contributed by atoms with Crippen LogP contribution in [0.15, 0.2) is 0 Å². The zero-order valence-corrected chi connectivity index (χ0v) is 16.1. The number of ether oxygens (including phenoxy) is 1. The summed E-state index contributed by atoms with van der Waals surface area (Å²) in [6.45, 7) is 7.44. The number of carbonyl (C=O) groups excluding carboxylic acids is 1. The number of hydrogen-bond acceptors (Lipinski definition) is 6. The van der Waals surface area contributed by atoms with Crippen LogP contribution in [0.25, 0.3) is 0 Å². The van der Waals surface area contributed by atoms with Gasteiger partial charge in [-0.05, 0) is 26.3 Å². The van der Waals surface area contributed by atoms with Crippen molar-refractivity contribution in [3.05, 3.63) is 28.6 Å². The fourth-order valence-corrected chi connectivity index (χ4v) is 3.19. The van der Waals surface area contributed by atoms with Gasteiger partial charge in [-0.2, -0.15) is 5.10 Å². The van der Waals surface area contributed by atoms with Crippen LogP contribution in [0.5, 0.6) is 0 Å². The molecule has 1 aliphatic rings. The zero-order valence-electron chi connectivity index (χ0n) is 16.1. The Labute approximate surface area is 157 Å². The molecule has 0 unspecified atom stereocenters. The van der Waals surface area contributed by atoms with Gasteiger partial charge in [0, 0.05) is 32.2 Å². The number of hydrogen-bond donors (Lipinski definition) is 2. The van der Waals surface area contributed by atoms with Crippen LogP contribution in [0.1, 0.15) is 48.0 Å². The molecule has 10 heteroatoms. The predicted octanol–water partition coefficient (Wildman–Crippen LogP) is 1.00. The smallest absolute Gasteiger partial charge is 0.290 e. The second-order valence-corrected chi connectivity index (χ2v) is 6.48. The van der Waals surface area contributed by atoms with E-state index < -0.39 is 0 Å². The molecule has 3 heterocycles. The maximum absolute atomic E-state index is 12.6. The molecule has 1 atom stereocenters. The van der Waals surface area contributed by atoms with Gasteiger partial charge in [-0.1, -0.05) is 0 Å². The number of nitrogens with one attached hydrogen (secondary N) is 1. The summed E-state index contributed by atoms with van der Waals surface area (Å²) in [5.74, 6) is 1.76. The quantitative estimate of drug-likeness (QED) is 0.743. The molecule has 0 radical (unpaired) electrons. The van der Waals surface area contributed by atoms with Crippen LogP contribution in [-0.4, -0.2) is 61.0 Å². The fraction of sp³-hybridized carbons (Fsp3) is 0.588. The molecule has 0 bridgehead atoms. The van der Waals surface area contributed by atoms with E-state index in [0.717, 1.165) is 28.6 Å². The number of methoxy groups -OCH3 is 1. The van der Waals surface area contributed by atoms with Gasteiger partial charge in [-0.25, -0.2) is 0 Å². The molecule has 0 fully saturated rings. The third-order valence-electron chi connectivity index (χ3n) is 4.65. The van der Waals surface area contributed by atoms with Crippen molar-refractivity contribution < 1.29 is 19.4 Å². The molecule has 3 rings (SSSR count). The number of aromatic amines is 1. The first kappa shape index (κ1) is 20.6. The number of fused-ring (bicyclic) bond motifs is 1. The van der Waals surface area contributed by atoms with E-state index in [0.29, 0.717) is 32.5 Å². The van der Waals surface area contributed by atoms with Crippen molar-refractivity contribution in [2.24, 2.45) is 0 Å². The summed E-state index contributed by atoms with van der Waals surface area (Å²) in [6, 6.07) is 0.146. The molecule has 1 amide bonds. The van der Waals surface area contributed by atoms with Crippen LogP contribution < -0.4 is 0 Å². The van der Waals surface area contributed by atoms with Crippen molar-refractivity contribution in [1.29, 1.82) is 0 Å². The average molecular weight is 378 g/mol. The second kappa shape index (κ2) is 9.26. The summed E-state index contributed by atoms with van der Waals surface area (Å²) in [5, 5.41) is 22.5. The number of aryl methyl sites for hydroxylation is 2. The highest BCUT2D eigenvalue weighted by molar-refractivity contribution is 5.76. The second-order valence-electron chi connectivity index (χ2n) is 6.48.